The summed E-state index contributed by atoms with van der Waals surface area (Å²) < 4.78 is 11.5. The number of aromatic nitrogens is 2. The van der Waals surface area contributed by atoms with Gasteiger partial charge in [-0.1, -0.05) is 0 Å². The first-order valence-corrected chi connectivity index (χ1v) is 6.88. The number of nitrogens with one attached hydrogen (secondary N) is 1. The molecule has 1 aliphatic rings. The summed E-state index contributed by atoms with van der Waals surface area (Å²) in [6.45, 7) is -0.914. The zero-order valence-corrected chi connectivity index (χ0v) is 12.2. The number of ether oxygens (including phenoxy) is 2. The number of aliphatic hydroxyl groups excluding tert-OH is 1. The molecule has 2 unspecified atom stereocenters. The highest BCUT2D eigenvalue weighted by molar-refractivity contribution is 6.40. The first-order valence-electron chi connectivity index (χ1n) is 6.88. The van der Waals surface area contributed by atoms with Gasteiger partial charge in [0, 0.05) is 6.20 Å². The van der Waals surface area contributed by atoms with Crippen molar-refractivity contribution in [3.8, 4) is 0 Å². The molecule has 1 aromatic heterocycles. The predicted molar refractivity (Wildman–Crippen MR) is 79.8 cm³/mol. The van der Waals surface area contributed by atoms with Crippen molar-refractivity contribution in [2.75, 3.05) is 6.54 Å². The van der Waals surface area contributed by atoms with E-state index in [0.29, 0.717) is 12.8 Å². The van der Waals surface area contributed by atoms with Crippen LogP contribution in [0.5, 0.6) is 0 Å². The van der Waals surface area contributed by atoms with Gasteiger partial charge in [-0.25, -0.2) is 4.79 Å². The number of aliphatic hydroxyl groups is 1. The summed E-state index contributed by atoms with van der Waals surface area (Å²) in [4.78, 5) is 36.6. The second-order valence-electron chi connectivity index (χ2n) is 5.17. The predicted octanol–water partition coefficient (Wildman–Crippen LogP) is -2.80. The number of hydrogen-bond acceptors (Lipinski definition) is 7. The average Bonchev–Trinajstić information content (AvgIpc) is 2.97. The largest absolute Gasteiger partial charge is 0.476 e. The summed E-state index contributed by atoms with van der Waals surface area (Å²) in [7, 11) is 11.5. The fourth-order valence-corrected chi connectivity index (χ4v) is 2.31. The van der Waals surface area contributed by atoms with Crippen LogP contribution in [0.15, 0.2) is 15.8 Å². The van der Waals surface area contributed by atoms with E-state index in [1.165, 1.54) is 6.20 Å². The third-order valence-corrected chi connectivity index (χ3v) is 3.48. The number of aromatic amines is 1. The van der Waals surface area contributed by atoms with Crippen LogP contribution < -0.4 is 17.0 Å². The van der Waals surface area contributed by atoms with Crippen LogP contribution in [0.4, 0.5) is 0 Å². The smallest absolute Gasteiger partial charge is 0.330 e. The highest BCUT2D eigenvalue weighted by atomic mass is 16.6. The van der Waals surface area contributed by atoms with Gasteiger partial charge in [-0.15, -0.1) is 0 Å². The first-order chi connectivity index (χ1) is 10.8. The fourth-order valence-electron chi connectivity index (χ4n) is 2.31. The molecule has 0 bridgehead atoms. The Hall–Kier alpha value is -1.84. The Balaban J connectivity index is 2.19. The van der Waals surface area contributed by atoms with Crippen LogP contribution in [0.2, 0.25) is 0 Å². The van der Waals surface area contributed by atoms with Gasteiger partial charge in [0.15, 0.2) is 0 Å². The van der Waals surface area contributed by atoms with E-state index in [0.717, 1.165) is 4.57 Å². The molecule has 2 rings (SSSR count). The van der Waals surface area contributed by atoms with Crippen LogP contribution in [-0.2, 0) is 20.9 Å². The molecule has 4 radical (unpaired) electrons. The minimum Gasteiger partial charge on any atom is -0.476 e. The average molecular weight is 319 g/mol. The molecule has 0 spiro atoms. The van der Waals surface area contributed by atoms with Crippen molar-refractivity contribution in [2.24, 2.45) is 5.73 Å². The van der Waals surface area contributed by atoms with E-state index in [9.17, 15) is 14.4 Å². The van der Waals surface area contributed by atoms with Gasteiger partial charge in [0.1, 0.15) is 21.9 Å². The Morgan fingerprint density at radius 1 is 1.52 bits per heavy atom. The number of esters is 1. The van der Waals surface area contributed by atoms with Crippen LogP contribution in [0.25, 0.3) is 0 Å². The molecule has 1 aliphatic heterocycles. The third kappa shape index (κ3) is 3.74. The van der Waals surface area contributed by atoms with Crippen molar-refractivity contribution in [1.82, 2.24) is 9.55 Å². The lowest BCUT2D eigenvalue weighted by Crippen LogP contribution is -2.48. The molecule has 23 heavy (non-hydrogen) atoms. The molecule has 120 valence electrons. The minimum absolute atomic E-state index is 0.0120. The molecule has 2 heterocycles. The summed E-state index contributed by atoms with van der Waals surface area (Å²) in [6.07, 6.45) is 0.236. The van der Waals surface area contributed by atoms with E-state index in [1.807, 2.05) is 0 Å². The maximum Gasteiger partial charge on any atom is 0.330 e. The van der Waals surface area contributed by atoms with Gasteiger partial charge < -0.3 is 20.3 Å². The molecule has 1 saturated heterocycles. The zero-order chi connectivity index (χ0) is 17.2. The Kier molecular flexibility index (Phi) is 5.12. The lowest BCUT2D eigenvalue weighted by atomic mass is 9.61. The van der Waals surface area contributed by atoms with Gasteiger partial charge in [-0.05, 0) is 12.8 Å². The number of nitrogens with two attached hydrogens (primary N) is 1. The summed E-state index contributed by atoms with van der Waals surface area (Å²) in [5.41, 5.74) is 3.77. The molecule has 0 aromatic carbocycles. The van der Waals surface area contributed by atoms with Gasteiger partial charge >= 0.3 is 11.7 Å². The number of carbonyl (C=O) groups excluding carboxylic acids is 1. The standard InChI is InChI=1S/C12H15B2N3O6/c13-12(14,23-9(19)3-15)7-1-2-8(22-7)17-4-6(5-18)10(20)16-11(17)21/h4,7-8,18H,1-3,5,15H2,(H,16,20,21). The number of nitrogens with zero attached hydrogens (tertiary/aromatic N) is 1. The van der Waals surface area contributed by atoms with E-state index >= 15 is 0 Å². The number of rotatable bonds is 5. The zero-order valence-electron chi connectivity index (χ0n) is 12.2. The topological polar surface area (TPSA) is 137 Å². The summed E-state index contributed by atoms with van der Waals surface area (Å²) in [5, 5.41) is 7.21. The van der Waals surface area contributed by atoms with E-state index in [-0.39, 0.29) is 12.1 Å². The number of hydrogen-bond donors (Lipinski definition) is 3. The molecule has 0 amide bonds. The van der Waals surface area contributed by atoms with Crippen molar-refractivity contribution in [3.63, 3.8) is 0 Å². The lowest BCUT2D eigenvalue weighted by molar-refractivity contribution is -0.154. The van der Waals surface area contributed by atoms with Crippen molar-refractivity contribution in [3.05, 3.63) is 32.6 Å². The highest BCUT2D eigenvalue weighted by Gasteiger charge is 2.39. The van der Waals surface area contributed by atoms with Gasteiger partial charge in [-0.3, -0.25) is 19.1 Å². The quantitative estimate of drug-likeness (QED) is 0.394. The number of H-pyrrole nitrogens is 1. The molecule has 2 atom stereocenters. The molecule has 0 saturated carbocycles. The van der Waals surface area contributed by atoms with E-state index in [1.54, 1.807) is 0 Å². The summed E-state index contributed by atoms with van der Waals surface area (Å²) in [5.74, 6) is -0.786. The van der Waals surface area contributed by atoms with E-state index < -0.39 is 41.6 Å². The Morgan fingerprint density at radius 2 is 2.22 bits per heavy atom. The first kappa shape index (κ1) is 17.5. The minimum atomic E-state index is -1.89. The number of carbonyl (C=O) groups is 1. The van der Waals surface area contributed by atoms with E-state index in [2.05, 4.69) is 4.98 Å². The van der Waals surface area contributed by atoms with Gasteiger partial charge in [0.05, 0.1) is 30.2 Å². The normalized spacial score (nSPS) is 21.3. The van der Waals surface area contributed by atoms with Gasteiger partial charge in [0.25, 0.3) is 5.56 Å². The van der Waals surface area contributed by atoms with Crippen molar-refractivity contribution < 1.29 is 19.4 Å². The molecular formula is C12H15B2N3O6. The molecular weight excluding hydrogens is 304 g/mol. The maximum absolute atomic E-state index is 11.9. The second kappa shape index (κ2) is 6.73. The molecule has 4 N–H and O–H groups in total. The Morgan fingerprint density at radius 3 is 2.83 bits per heavy atom. The van der Waals surface area contributed by atoms with Crippen molar-refractivity contribution >= 4 is 21.7 Å². The molecule has 0 aliphatic carbocycles. The van der Waals surface area contributed by atoms with Crippen LogP contribution >= 0.6 is 0 Å². The maximum atomic E-state index is 11.9. The Labute approximate surface area is 133 Å². The van der Waals surface area contributed by atoms with Gasteiger partial charge in [0.2, 0.25) is 0 Å². The SMILES string of the molecule is [B]C([B])(OC(=O)CN)C1CCC(n2cc(CO)c(=O)[nH]c2=O)O1. The highest BCUT2D eigenvalue weighted by Crippen LogP contribution is 2.32. The third-order valence-electron chi connectivity index (χ3n) is 3.48. The van der Waals surface area contributed by atoms with Crippen LogP contribution in [0.1, 0.15) is 24.6 Å². The fraction of sp³-hybridized carbons (Fsp3) is 0.583. The Bertz CT molecular complexity index is 701. The van der Waals surface area contributed by atoms with Gasteiger partial charge in [-0.2, -0.15) is 0 Å². The molecule has 9 nitrogen and oxygen atoms in total. The summed E-state index contributed by atoms with van der Waals surface area (Å²) >= 11 is 0. The second-order valence-corrected chi connectivity index (χ2v) is 5.17. The van der Waals surface area contributed by atoms with Crippen LogP contribution in [0.3, 0.4) is 0 Å². The molecule has 1 aromatic rings. The lowest BCUT2D eigenvalue weighted by Gasteiger charge is -2.32. The van der Waals surface area contributed by atoms with Crippen molar-refractivity contribution in [1.29, 1.82) is 0 Å². The summed E-state index contributed by atoms with van der Waals surface area (Å²) in [6, 6.07) is 0. The van der Waals surface area contributed by atoms with E-state index in [4.69, 9.17) is 36.0 Å². The molecule has 1 fully saturated rings. The molecule has 11 heteroatoms. The van der Waals surface area contributed by atoms with Crippen molar-refractivity contribution in [2.45, 2.75) is 37.2 Å². The monoisotopic (exact) mass is 319 g/mol. The van der Waals surface area contributed by atoms with Crippen LogP contribution in [0, 0.1) is 0 Å². The van der Waals surface area contributed by atoms with Crippen LogP contribution in [-0.4, -0.2) is 54.4 Å².